The van der Waals surface area contributed by atoms with Gasteiger partial charge < -0.3 is 19.6 Å². The Bertz CT molecular complexity index is 3260. The third kappa shape index (κ3) is 23.6. The molecule has 4 heterocycles. The number of piperidine rings is 4. The molecule has 0 radical (unpaired) electrons. The lowest BCUT2D eigenvalue weighted by molar-refractivity contribution is -0.120. The number of halogens is 4. The maximum Gasteiger partial charge on any atom is 0.227 e. The van der Waals surface area contributed by atoms with Crippen LogP contribution in [0, 0.1) is 0 Å². The van der Waals surface area contributed by atoms with Crippen LogP contribution in [0.1, 0.15) is 101 Å². The molecule has 0 spiro atoms. The molecule has 8 aromatic rings. The Morgan fingerprint density at radius 3 is 0.596 bits per heavy atom. The highest BCUT2D eigenvalue weighted by molar-refractivity contribution is 5.96. The van der Waals surface area contributed by atoms with Crippen molar-refractivity contribution in [2.45, 2.75) is 154 Å². The first-order valence-corrected chi connectivity index (χ1v) is 37.8. The van der Waals surface area contributed by atoms with Gasteiger partial charge in [0, 0.05) is 127 Å². The lowest BCUT2D eigenvalue weighted by atomic mass is 9.99. The van der Waals surface area contributed by atoms with E-state index in [2.05, 4.69) is 68.1 Å². The molecule has 4 aliphatic heterocycles. The van der Waals surface area contributed by atoms with E-state index in [1.54, 1.807) is 19.6 Å². The van der Waals surface area contributed by atoms with Gasteiger partial charge in [0.2, 0.25) is 23.6 Å². The molecular weight excluding hydrogens is 1310 g/mol. The Balaban J connectivity index is 0.000000161. The minimum Gasteiger partial charge on any atom is -0.306 e. The van der Waals surface area contributed by atoms with Crippen molar-refractivity contribution in [3.63, 3.8) is 0 Å². The Labute approximate surface area is 616 Å². The molecule has 12 rings (SSSR count). The van der Waals surface area contributed by atoms with Gasteiger partial charge in [0.1, 0.15) is 24.7 Å². The fraction of sp³-hybridized carbons (Fsp3) is 0.409. The number of likely N-dealkylation sites (tertiary alicyclic amines) is 4. The molecule has 104 heavy (non-hydrogen) atoms. The molecule has 4 fully saturated rings. The molecule has 0 N–H and O–H groups in total. The van der Waals surface area contributed by atoms with E-state index in [4.69, 9.17) is 0 Å². The Morgan fingerprint density at radius 2 is 0.442 bits per heavy atom. The van der Waals surface area contributed by atoms with Crippen LogP contribution in [0.15, 0.2) is 243 Å². The third-order valence-corrected chi connectivity index (χ3v) is 20.4. The van der Waals surface area contributed by atoms with Crippen molar-refractivity contribution in [1.82, 2.24) is 19.6 Å². The average Bonchev–Trinajstić information content (AvgIpc) is 0.831. The van der Waals surface area contributed by atoms with Crippen LogP contribution in [0.5, 0.6) is 0 Å². The van der Waals surface area contributed by atoms with Crippen molar-refractivity contribution < 1.29 is 36.7 Å². The van der Waals surface area contributed by atoms with Gasteiger partial charge in [0.15, 0.2) is 0 Å². The second-order valence-corrected chi connectivity index (χ2v) is 27.4. The molecule has 0 unspecified atom stereocenters. The number of anilines is 4. The fourth-order valence-electron chi connectivity index (χ4n) is 14.6. The summed E-state index contributed by atoms with van der Waals surface area (Å²) in [5.74, 6) is -0.0497. The lowest BCUT2D eigenvalue weighted by Crippen LogP contribution is -2.54. The summed E-state index contributed by atoms with van der Waals surface area (Å²) in [6.45, 7) is 15.6. The van der Waals surface area contributed by atoms with Crippen LogP contribution in [0.25, 0.3) is 0 Å². The highest BCUT2D eigenvalue weighted by Gasteiger charge is 2.40. The maximum absolute atomic E-state index is 15.0. The summed E-state index contributed by atoms with van der Waals surface area (Å²) < 4.78 is 60.1. The first kappa shape index (κ1) is 79.3. The summed E-state index contributed by atoms with van der Waals surface area (Å²) in [7, 11) is 0. The standard InChI is InChI=1S/4C22H27FN2O/c4*1-2-22(26)25(19-11-7-4-8-12-19)21-14-16-24(17-20(21)23)15-13-18-9-5-3-6-10-18/h4*3-12,20-21H,2,13-17H2,1H3/t2*20-,21+;2*20-,21-/m1010/s1. The summed E-state index contributed by atoms with van der Waals surface area (Å²) in [6.07, 6.45) is 3.76. The molecule has 0 saturated carbocycles. The first-order chi connectivity index (χ1) is 50.7. The average molecular weight is 1420 g/mol. The molecule has 12 nitrogen and oxygen atoms in total. The maximum atomic E-state index is 15.0. The van der Waals surface area contributed by atoms with E-state index in [9.17, 15) is 19.2 Å². The summed E-state index contributed by atoms with van der Waals surface area (Å²) in [6, 6.07) is 77.6. The minimum atomic E-state index is -1.03. The van der Waals surface area contributed by atoms with E-state index in [0.29, 0.717) is 77.5 Å². The van der Waals surface area contributed by atoms with E-state index in [1.807, 2.05) is 222 Å². The molecule has 8 atom stereocenters. The van der Waals surface area contributed by atoms with Gasteiger partial charge in [-0.25, -0.2) is 17.6 Å². The van der Waals surface area contributed by atoms with Crippen LogP contribution < -0.4 is 19.6 Å². The summed E-state index contributed by atoms with van der Waals surface area (Å²) in [5, 5.41) is 0. The van der Waals surface area contributed by atoms with Gasteiger partial charge in [-0.2, -0.15) is 0 Å². The number of hydrogen-bond donors (Lipinski definition) is 0. The van der Waals surface area contributed by atoms with E-state index >= 15 is 17.6 Å². The Kier molecular flexibility index (Phi) is 32.2. The molecule has 552 valence electrons. The van der Waals surface area contributed by atoms with E-state index in [1.165, 1.54) is 22.3 Å². The van der Waals surface area contributed by atoms with Crippen LogP contribution >= 0.6 is 0 Å². The summed E-state index contributed by atoms with van der Waals surface area (Å²) in [5.41, 5.74) is 8.28. The van der Waals surface area contributed by atoms with Gasteiger partial charge in [-0.15, -0.1) is 0 Å². The number of amides is 4. The van der Waals surface area contributed by atoms with Crippen molar-refractivity contribution >= 4 is 46.4 Å². The Morgan fingerprint density at radius 1 is 0.279 bits per heavy atom. The van der Waals surface area contributed by atoms with Crippen LogP contribution in [0.2, 0.25) is 0 Å². The first-order valence-electron chi connectivity index (χ1n) is 37.8. The lowest BCUT2D eigenvalue weighted by Gasteiger charge is -2.40. The van der Waals surface area contributed by atoms with Crippen LogP contribution in [-0.4, -0.2) is 171 Å². The Hall–Kier alpha value is -8.80. The molecule has 16 heteroatoms. The molecule has 4 amide bonds. The normalized spacial score (nSPS) is 20.7. The second-order valence-electron chi connectivity index (χ2n) is 27.4. The third-order valence-electron chi connectivity index (χ3n) is 20.4. The van der Waals surface area contributed by atoms with Gasteiger partial charge >= 0.3 is 0 Å². The molecular formula is C88H108F4N8O4. The zero-order chi connectivity index (χ0) is 73.4. The van der Waals surface area contributed by atoms with Crippen molar-refractivity contribution in [1.29, 1.82) is 0 Å². The number of alkyl halides is 4. The molecule has 4 aliphatic rings. The topological polar surface area (TPSA) is 94.2 Å². The number of benzene rings is 8. The SMILES string of the molecule is CCC(=O)N(c1ccccc1)[C@@H]1CCN(CCc2ccccc2)C[C@@H]1F.CCC(=O)N(c1ccccc1)[C@@H]1CCN(CCc2ccccc2)C[C@H]1F.CCC(=O)N(c1ccccc1)[C@H]1CCN(CCc2ccccc2)C[C@@H]1F.CCC(=O)N(c1ccccc1)[C@H]1CCN(CCc2ccccc2)C[C@H]1F. The smallest absolute Gasteiger partial charge is 0.227 e. The van der Waals surface area contributed by atoms with Crippen LogP contribution in [-0.2, 0) is 44.9 Å². The van der Waals surface area contributed by atoms with Gasteiger partial charge in [0.05, 0.1) is 24.2 Å². The largest absolute Gasteiger partial charge is 0.306 e. The zero-order valence-corrected chi connectivity index (χ0v) is 61.4. The van der Waals surface area contributed by atoms with Crippen molar-refractivity contribution in [3.05, 3.63) is 265 Å². The summed E-state index contributed by atoms with van der Waals surface area (Å²) in [4.78, 5) is 65.4. The molecule has 0 aromatic heterocycles. The van der Waals surface area contributed by atoms with Gasteiger partial charge in [-0.3, -0.25) is 38.8 Å². The number of hydrogen-bond acceptors (Lipinski definition) is 8. The van der Waals surface area contributed by atoms with Gasteiger partial charge in [-0.05, 0) is 122 Å². The van der Waals surface area contributed by atoms with E-state index in [-0.39, 0.29) is 47.8 Å². The van der Waals surface area contributed by atoms with E-state index < -0.39 is 24.7 Å². The van der Waals surface area contributed by atoms with Gasteiger partial charge in [0.25, 0.3) is 0 Å². The number of carbonyl (C=O) groups is 4. The molecule has 0 bridgehead atoms. The predicted octanol–water partition coefficient (Wildman–Crippen LogP) is 16.3. The van der Waals surface area contributed by atoms with Crippen LogP contribution in [0.4, 0.5) is 40.3 Å². The number of para-hydroxylation sites is 4. The monoisotopic (exact) mass is 1420 g/mol. The second kappa shape index (κ2) is 42.2. The quantitative estimate of drug-likeness (QED) is 0.0552. The van der Waals surface area contributed by atoms with Crippen LogP contribution in [0.3, 0.4) is 0 Å². The van der Waals surface area contributed by atoms with Gasteiger partial charge in [-0.1, -0.05) is 222 Å². The highest BCUT2D eigenvalue weighted by Crippen LogP contribution is 2.32. The molecule has 8 aromatic carbocycles. The van der Waals surface area contributed by atoms with E-state index in [0.717, 1.165) is 101 Å². The summed E-state index contributed by atoms with van der Waals surface area (Å²) >= 11 is 0. The highest BCUT2D eigenvalue weighted by atomic mass is 19.1. The fourth-order valence-corrected chi connectivity index (χ4v) is 14.6. The number of rotatable bonds is 24. The van der Waals surface area contributed by atoms with Crippen molar-refractivity contribution in [2.75, 3.05) is 98.1 Å². The minimum absolute atomic E-state index is 0.0124. The number of nitrogens with zero attached hydrogens (tertiary/aromatic N) is 8. The predicted molar refractivity (Wildman–Crippen MR) is 416 cm³/mol. The van der Waals surface area contributed by atoms with Crippen molar-refractivity contribution in [3.8, 4) is 0 Å². The zero-order valence-electron chi connectivity index (χ0n) is 61.4. The molecule has 4 saturated heterocycles. The number of carbonyl (C=O) groups excluding carboxylic acids is 4. The van der Waals surface area contributed by atoms with Crippen molar-refractivity contribution in [2.24, 2.45) is 0 Å². The molecule has 0 aliphatic carbocycles.